The van der Waals surface area contributed by atoms with Crippen molar-refractivity contribution in [3.63, 3.8) is 0 Å². The average Bonchev–Trinajstić information content (AvgIpc) is 3.15. The summed E-state index contributed by atoms with van der Waals surface area (Å²) in [6.07, 6.45) is 1.35. The van der Waals surface area contributed by atoms with Gasteiger partial charge >= 0.3 is 5.95 Å². The van der Waals surface area contributed by atoms with Crippen molar-refractivity contribution in [3.05, 3.63) is 54.7 Å². The van der Waals surface area contributed by atoms with Crippen LogP contribution in [0.25, 0.3) is 11.5 Å². The van der Waals surface area contributed by atoms with Crippen LogP contribution in [0.5, 0.6) is 23.2 Å². The fourth-order valence-corrected chi connectivity index (χ4v) is 3.13. The van der Waals surface area contributed by atoms with Crippen LogP contribution in [0.1, 0.15) is 20.3 Å². The second-order valence-electron chi connectivity index (χ2n) is 7.97. The number of ether oxygens (including phenoxy) is 3. The van der Waals surface area contributed by atoms with E-state index in [4.69, 9.17) is 18.6 Å². The SMILES string of the molecule is CC(=O)NC(C)COc1cnc(-c2ccc(Oc3cccc(OC[C@@H]4CC4(F)F)c3)cc2)o1. The fourth-order valence-electron chi connectivity index (χ4n) is 3.13. The fraction of sp³-hybridized carbons (Fsp3) is 0.333. The Labute approximate surface area is 189 Å². The molecule has 0 bridgehead atoms. The molecular weight excluding hydrogens is 434 g/mol. The van der Waals surface area contributed by atoms with E-state index in [1.54, 1.807) is 48.5 Å². The molecule has 1 fully saturated rings. The quantitative estimate of drug-likeness (QED) is 0.457. The number of nitrogens with one attached hydrogen (secondary N) is 1. The zero-order valence-electron chi connectivity index (χ0n) is 18.2. The van der Waals surface area contributed by atoms with Gasteiger partial charge in [0.1, 0.15) is 30.1 Å². The lowest BCUT2D eigenvalue weighted by Crippen LogP contribution is -2.35. The summed E-state index contributed by atoms with van der Waals surface area (Å²) in [5, 5.41) is 2.72. The normalized spacial score (nSPS) is 17.2. The van der Waals surface area contributed by atoms with Gasteiger partial charge in [-0.15, -0.1) is 0 Å². The zero-order chi connectivity index (χ0) is 23.4. The molecule has 1 aliphatic carbocycles. The molecule has 3 aromatic rings. The van der Waals surface area contributed by atoms with Crippen LogP contribution in [-0.4, -0.2) is 36.1 Å². The number of carbonyl (C=O) groups excluding carboxylic acids is 1. The van der Waals surface area contributed by atoms with Crippen LogP contribution in [-0.2, 0) is 4.79 Å². The molecule has 174 valence electrons. The molecule has 1 aliphatic rings. The lowest BCUT2D eigenvalue weighted by molar-refractivity contribution is -0.119. The predicted octanol–water partition coefficient (Wildman–Crippen LogP) is 5.07. The third-order valence-electron chi connectivity index (χ3n) is 4.96. The highest BCUT2D eigenvalue weighted by atomic mass is 19.3. The molecule has 0 saturated heterocycles. The van der Waals surface area contributed by atoms with Gasteiger partial charge in [0, 0.05) is 25.0 Å². The molecule has 33 heavy (non-hydrogen) atoms. The first-order valence-corrected chi connectivity index (χ1v) is 10.5. The van der Waals surface area contributed by atoms with E-state index in [9.17, 15) is 13.6 Å². The van der Waals surface area contributed by atoms with Gasteiger partial charge in [-0.2, -0.15) is 0 Å². The van der Waals surface area contributed by atoms with Crippen molar-refractivity contribution in [2.75, 3.05) is 13.2 Å². The Morgan fingerprint density at radius 2 is 1.91 bits per heavy atom. The van der Waals surface area contributed by atoms with Crippen LogP contribution in [0.2, 0.25) is 0 Å². The number of oxazole rings is 1. The number of nitrogens with zero attached hydrogens (tertiary/aromatic N) is 1. The van der Waals surface area contributed by atoms with E-state index in [-0.39, 0.29) is 37.5 Å². The topological polar surface area (TPSA) is 82.8 Å². The molecule has 1 unspecified atom stereocenters. The Bertz CT molecular complexity index is 1100. The molecule has 0 spiro atoms. The lowest BCUT2D eigenvalue weighted by Gasteiger charge is -2.11. The Kier molecular flexibility index (Phi) is 6.48. The predicted molar refractivity (Wildman–Crippen MR) is 116 cm³/mol. The third kappa shape index (κ3) is 6.21. The number of hydrogen-bond donors (Lipinski definition) is 1. The highest BCUT2D eigenvalue weighted by molar-refractivity contribution is 5.73. The summed E-state index contributed by atoms with van der Waals surface area (Å²) < 4.78 is 48.4. The third-order valence-corrected chi connectivity index (χ3v) is 4.96. The molecule has 1 N–H and O–H groups in total. The van der Waals surface area contributed by atoms with Crippen LogP contribution < -0.4 is 19.5 Å². The summed E-state index contributed by atoms with van der Waals surface area (Å²) in [4.78, 5) is 15.3. The minimum absolute atomic E-state index is 0.0147. The van der Waals surface area contributed by atoms with E-state index in [0.29, 0.717) is 23.1 Å². The van der Waals surface area contributed by atoms with E-state index >= 15 is 0 Å². The molecule has 9 heteroatoms. The molecule has 4 rings (SSSR count). The van der Waals surface area contributed by atoms with Gasteiger partial charge in [-0.1, -0.05) is 6.07 Å². The van der Waals surface area contributed by atoms with Crippen molar-refractivity contribution in [2.24, 2.45) is 5.92 Å². The van der Waals surface area contributed by atoms with Gasteiger partial charge in [-0.25, -0.2) is 13.8 Å². The maximum Gasteiger partial charge on any atom is 0.305 e. The molecule has 1 saturated carbocycles. The van der Waals surface area contributed by atoms with Crippen LogP contribution in [0.3, 0.4) is 0 Å². The van der Waals surface area contributed by atoms with Crippen LogP contribution in [0, 0.1) is 5.92 Å². The summed E-state index contributed by atoms with van der Waals surface area (Å²) in [6, 6.07) is 13.8. The maximum absolute atomic E-state index is 13.0. The molecule has 1 heterocycles. The smallest absolute Gasteiger partial charge is 0.305 e. The molecule has 1 amide bonds. The minimum Gasteiger partial charge on any atom is -0.493 e. The van der Waals surface area contributed by atoms with E-state index in [2.05, 4.69) is 10.3 Å². The number of amides is 1. The molecule has 2 aromatic carbocycles. The second kappa shape index (κ2) is 9.48. The Morgan fingerprint density at radius 3 is 2.61 bits per heavy atom. The molecule has 7 nitrogen and oxygen atoms in total. The Morgan fingerprint density at radius 1 is 1.18 bits per heavy atom. The first kappa shape index (κ1) is 22.6. The van der Waals surface area contributed by atoms with E-state index in [1.165, 1.54) is 13.1 Å². The van der Waals surface area contributed by atoms with Gasteiger partial charge in [-0.3, -0.25) is 4.79 Å². The lowest BCUT2D eigenvalue weighted by atomic mass is 10.2. The van der Waals surface area contributed by atoms with Gasteiger partial charge < -0.3 is 23.9 Å². The molecule has 2 atom stereocenters. The van der Waals surface area contributed by atoms with Crippen LogP contribution in [0.4, 0.5) is 8.78 Å². The zero-order valence-corrected chi connectivity index (χ0v) is 18.2. The van der Waals surface area contributed by atoms with Crippen molar-refractivity contribution in [1.29, 1.82) is 0 Å². The van der Waals surface area contributed by atoms with Crippen LogP contribution >= 0.6 is 0 Å². The number of rotatable bonds is 10. The average molecular weight is 458 g/mol. The highest BCUT2D eigenvalue weighted by Gasteiger charge is 2.57. The Hall–Kier alpha value is -3.62. The Balaban J connectivity index is 1.31. The number of alkyl halides is 2. The second-order valence-corrected chi connectivity index (χ2v) is 7.97. The first-order valence-electron chi connectivity index (χ1n) is 10.5. The first-order chi connectivity index (χ1) is 15.8. The molecular formula is C24H24F2N2O5. The molecule has 0 aliphatic heterocycles. The minimum atomic E-state index is -2.60. The van der Waals surface area contributed by atoms with Crippen molar-refractivity contribution in [2.45, 2.75) is 32.2 Å². The largest absolute Gasteiger partial charge is 0.493 e. The van der Waals surface area contributed by atoms with Gasteiger partial charge in [0.2, 0.25) is 11.8 Å². The van der Waals surface area contributed by atoms with Gasteiger partial charge in [0.25, 0.3) is 5.92 Å². The number of halogens is 2. The summed E-state index contributed by atoms with van der Waals surface area (Å²) in [6.45, 7) is 3.51. The van der Waals surface area contributed by atoms with Gasteiger partial charge in [-0.05, 0) is 43.3 Å². The van der Waals surface area contributed by atoms with Gasteiger partial charge in [0.05, 0.1) is 18.6 Å². The van der Waals surface area contributed by atoms with Crippen molar-refractivity contribution in [3.8, 4) is 34.6 Å². The number of benzene rings is 2. The van der Waals surface area contributed by atoms with E-state index in [0.717, 1.165) is 5.56 Å². The summed E-state index contributed by atoms with van der Waals surface area (Å²) in [5.74, 6) is -1.22. The van der Waals surface area contributed by atoms with Crippen molar-refractivity contribution in [1.82, 2.24) is 10.3 Å². The summed E-state index contributed by atoms with van der Waals surface area (Å²) >= 11 is 0. The standard InChI is InChI=1S/C24H24F2N2O5/c1-15(28-16(2)29)13-31-22-12-27-23(33-22)17-6-8-19(9-7-17)32-21-5-3-4-20(10-21)30-14-18-11-24(18,25)26/h3-10,12,15,18H,11,13-14H2,1-2H3,(H,28,29)/t15?,18-/m0/s1. The van der Waals surface area contributed by atoms with E-state index < -0.39 is 11.8 Å². The summed E-state index contributed by atoms with van der Waals surface area (Å²) in [5.41, 5.74) is 0.731. The highest BCUT2D eigenvalue weighted by Crippen LogP contribution is 2.48. The molecule has 0 radical (unpaired) electrons. The van der Waals surface area contributed by atoms with E-state index in [1.807, 2.05) is 6.92 Å². The van der Waals surface area contributed by atoms with Crippen molar-refractivity contribution < 1.29 is 32.2 Å². The van der Waals surface area contributed by atoms with Crippen molar-refractivity contribution >= 4 is 5.91 Å². The van der Waals surface area contributed by atoms with Gasteiger partial charge in [0.15, 0.2) is 0 Å². The number of aromatic nitrogens is 1. The van der Waals surface area contributed by atoms with Crippen LogP contribution in [0.15, 0.2) is 59.1 Å². The number of hydrogen-bond acceptors (Lipinski definition) is 6. The maximum atomic E-state index is 13.0. The monoisotopic (exact) mass is 458 g/mol. The summed E-state index contributed by atoms with van der Waals surface area (Å²) in [7, 11) is 0. The number of carbonyl (C=O) groups is 1. The molecule has 1 aromatic heterocycles.